The fourth-order valence-electron chi connectivity index (χ4n) is 3.44. The summed E-state index contributed by atoms with van der Waals surface area (Å²) < 4.78 is 4.81. The summed E-state index contributed by atoms with van der Waals surface area (Å²) in [5.41, 5.74) is 5.36. The van der Waals surface area contributed by atoms with E-state index in [1.807, 2.05) is 62.4 Å². The first-order valence-electron chi connectivity index (χ1n) is 9.43. The van der Waals surface area contributed by atoms with E-state index in [1.54, 1.807) is 11.4 Å². The molecule has 1 amide bonds. The Morgan fingerprint density at radius 2 is 1.73 bits per heavy atom. The number of amides is 1. The second-order valence-corrected chi connectivity index (χ2v) is 7.87. The maximum absolute atomic E-state index is 13.4. The van der Waals surface area contributed by atoms with E-state index in [0.29, 0.717) is 16.1 Å². The lowest BCUT2D eigenvalue weighted by molar-refractivity contribution is 0.0607. The quantitative estimate of drug-likeness (QED) is 0.439. The molecule has 0 atom stereocenters. The summed E-state index contributed by atoms with van der Waals surface area (Å²) in [5.74, 6) is -0.764. The zero-order chi connectivity index (χ0) is 21.3. The third-order valence-corrected chi connectivity index (χ3v) is 5.87. The first kappa shape index (κ1) is 19.8. The van der Waals surface area contributed by atoms with E-state index in [-0.39, 0.29) is 5.91 Å². The van der Waals surface area contributed by atoms with E-state index < -0.39 is 5.97 Å². The Labute approximate surface area is 178 Å². The van der Waals surface area contributed by atoms with E-state index in [9.17, 15) is 9.59 Å². The van der Waals surface area contributed by atoms with Gasteiger partial charge < -0.3 is 10.1 Å². The number of hydrogen-bond acceptors (Lipinski definition) is 5. The molecule has 150 valence electrons. The minimum Gasteiger partial charge on any atom is -0.465 e. The molecule has 5 nitrogen and oxygen atoms in total. The van der Waals surface area contributed by atoms with E-state index in [1.165, 1.54) is 18.4 Å². The molecule has 0 bridgehead atoms. The number of fused-ring (bicyclic) bond motifs is 1. The molecule has 2 aromatic carbocycles. The van der Waals surface area contributed by atoms with Crippen LogP contribution in [-0.4, -0.2) is 24.0 Å². The standard InChI is InChI=1S/C24H20N2O3S/c1-14-8-10-16(11-9-14)21-15(2)20(17-6-4-5-7-18(17)25-21)23(27)26-19-12-13-30-22(19)24(28)29-3/h4-13H,1-3H3,(H,26,27). The van der Waals surface area contributed by atoms with Gasteiger partial charge in [0.25, 0.3) is 5.91 Å². The molecule has 0 saturated heterocycles. The van der Waals surface area contributed by atoms with Crippen LogP contribution in [0.4, 0.5) is 5.69 Å². The number of hydrogen-bond donors (Lipinski definition) is 1. The summed E-state index contributed by atoms with van der Waals surface area (Å²) in [6.07, 6.45) is 0. The summed E-state index contributed by atoms with van der Waals surface area (Å²) in [7, 11) is 1.32. The van der Waals surface area contributed by atoms with Crippen LogP contribution in [0, 0.1) is 13.8 Å². The van der Waals surface area contributed by atoms with Crippen molar-refractivity contribution in [2.45, 2.75) is 13.8 Å². The highest BCUT2D eigenvalue weighted by atomic mass is 32.1. The maximum atomic E-state index is 13.4. The van der Waals surface area contributed by atoms with Crippen LogP contribution in [0.3, 0.4) is 0 Å². The molecule has 30 heavy (non-hydrogen) atoms. The molecule has 2 heterocycles. The van der Waals surface area contributed by atoms with Crippen molar-refractivity contribution in [1.29, 1.82) is 0 Å². The maximum Gasteiger partial charge on any atom is 0.350 e. The molecule has 0 aliphatic carbocycles. The molecule has 0 saturated carbocycles. The number of thiophene rings is 1. The Bertz CT molecular complexity index is 1260. The predicted octanol–water partition coefficient (Wildman–Crippen LogP) is 5.62. The van der Waals surface area contributed by atoms with E-state index in [4.69, 9.17) is 9.72 Å². The SMILES string of the molecule is COC(=O)c1sccc1NC(=O)c1c(C)c(-c2ccc(C)cc2)nc2ccccc12. The largest absolute Gasteiger partial charge is 0.465 e. The average Bonchev–Trinajstić information content (AvgIpc) is 3.21. The number of anilines is 1. The van der Waals surface area contributed by atoms with Crippen molar-refractivity contribution < 1.29 is 14.3 Å². The van der Waals surface area contributed by atoms with Gasteiger partial charge in [0.05, 0.1) is 29.6 Å². The number of rotatable bonds is 4. The molecule has 0 unspecified atom stereocenters. The van der Waals surface area contributed by atoms with Gasteiger partial charge in [0, 0.05) is 10.9 Å². The third kappa shape index (κ3) is 3.57. The summed E-state index contributed by atoms with van der Waals surface area (Å²) in [5, 5.41) is 5.40. The van der Waals surface area contributed by atoms with Crippen LogP contribution < -0.4 is 5.32 Å². The lowest BCUT2D eigenvalue weighted by Gasteiger charge is -2.15. The number of esters is 1. The number of aromatic nitrogens is 1. The van der Waals surface area contributed by atoms with Gasteiger partial charge in [-0.25, -0.2) is 9.78 Å². The Morgan fingerprint density at radius 1 is 1.00 bits per heavy atom. The number of carbonyl (C=O) groups is 2. The van der Waals surface area contributed by atoms with Gasteiger partial charge >= 0.3 is 5.97 Å². The molecule has 4 aromatic rings. The minimum atomic E-state index is -0.475. The summed E-state index contributed by atoms with van der Waals surface area (Å²) in [6.45, 7) is 3.93. The lowest BCUT2D eigenvalue weighted by Crippen LogP contribution is -2.16. The molecule has 6 heteroatoms. The average molecular weight is 417 g/mol. The summed E-state index contributed by atoms with van der Waals surface area (Å²) in [4.78, 5) is 30.5. The molecule has 1 N–H and O–H groups in total. The van der Waals surface area contributed by atoms with Gasteiger partial charge in [0.15, 0.2) is 0 Å². The van der Waals surface area contributed by atoms with Crippen molar-refractivity contribution in [3.63, 3.8) is 0 Å². The monoisotopic (exact) mass is 416 g/mol. The van der Waals surface area contributed by atoms with Crippen LogP contribution in [-0.2, 0) is 4.74 Å². The molecule has 0 aliphatic rings. The van der Waals surface area contributed by atoms with Gasteiger partial charge in [-0.05, 0) is 36.9 Å². The molecular formula is C24H20N2O3S. The molecule has 0 fully saturated rings. The van der Waals surface area contributed by atoms with Crippen LogP contribution in [0.15, 0.2) is 60.0 Å². The van der Waals surface area contributed by atoms with Gasteiger partial charge in [0.1, 0.15) is 4.88 Å². The number of benzene rings is 2. The fraction of sp³-hybridized carbons (Fsp3) is 0.125. The third-order valence-electron chi connectivity index (χ3n) is 4.97. The number of para-hydroxylation sites is 1. The van der Waals surface area contributed by atoms with Crippen LogP contribution in [0.25, 0.3) is 22.2 Å². The zero-order valence-corrected chi connectivity index (χ0v) is 17.7. The Morgan fingerprint density at radius 3 is 2.47 bits per heavy atom. The first-order valence-corrected chi connectivity index (χ1v) is 10.3. The number of pyridine rings is 1. The van der Waals surface area contributed by atoms with Gasteiger partial charge in [-0.3, -0.25) is 4.79 Å². The molecule has 0 aliphatic heterocycles. The molecule has 2 aromatic heterocycles. The van der Waals surface area contributed by atoms with Crippen LogP contribution in [0.5, 0.6) is 0 Å². The second kappa shape index (κ2) is 8.08. The molecular weight excluding hydrogens is 396 g/mol. The van der Waals surface area contributed by atoms with Crippen molar-refractivity contribution in [3.05, 3.63) is 81.5 Å². The van der Waals surface area contributed by atoms with Crippen LogP contribution >= 0.6 is 11.3 Å². The van der Waals surface area contributed by atoms with Crippen LogP contribution in [0.2, 0.25) is 0 Å². The van der Waals surface area contributed by atoms with Crippen molar-refractivity contribution in [2.24, 2.45) is 0 Å². The highest BCUT2D eigenvalue weighted by Crippen LogP contribution is 2.31. The molecule has 0 radical (unpaired) electrons. The number of carbonyl (C=O) groups excluding carboxylic acids is 2. The van der Waals surface area contributed by atoms with E-state index >= 15 is 0 Å². The Kier molecular flexibility index (Phi) is 5.33. The van der Waals surface area contributed by atoms with Crippen molar-refractivity contribution in [2.75, 3.05) is 12.4 Å². The summed E-state index contributed by atoms with van der Waals surface area (Å²) >= 11 is 1.23. The number of aryl methyl sites for hydroxylation is 1. The Hall–Kier alpha value is -3.51. The van der Waals surface area contributed by atoms with Crippen molar-refractivity contribution in [1.82, 2.24) is 4.98 Å². The normalized spacial score (nSPS) is 10.8. The number of methoxy groups -OCH3 is 1. The lowest BCUT2D eigenvalue weighted by atomic mass is 9.96. The molecule has 4 rings (SSSR count). The van der Waals surface area contributed by atoms with Gasteiger partial charge in [0.2, 0.25) is 0 Å². The first-order chi connectivity index (χ1) is 14.5. The minimum absolute atomic E-state index is 0.289. The highest BCUT2D eigenvalue weighted by molar-refractivity contribution is 7.12. The highest BCUT2D eigenvalue weighted by Gasteiger charge is 2.21. The van der Waals surface area contributed by atoms with Crippen LogP contribution in [0.1, 0.15) is 31.2 Å². The Balaban J connectivity index is 1.84. The number of ether oxygens (including phenoxy) is 1. The number of nitrogens with one attached hydrogen (secondary N) is 1. The zero-order valence-electron chi connectivity index (χ0n) is 16.9. The van der Waals surface area contributed by atoms with Crippen molar-refractivity contribution in [3.8, 4) is 11.3 Å². The van der Waals surface area contributed by atoms with E-state index in [2.05, 4.69) is 5.32 Å². The van der Waals surface area contributed by atoms with Gasteiger partial charge in [-0.1, -0.05) is 48.0 Å². The molecule has 0 spiro atoms. The van der Waals surface area contributed by atoms with Gasteiger partial charge in [-0.2, -0.15) is 0 Å². The smallest absolute Gasteiger partial charge is 0.350 e. The van der Waals surface area contributed by atoms with E-state index in [0.717, 1.165) is 33.3 Å². The number of nitrogens with zero attached hydrogens (tertiary/aromatic N) is 1. The fourth-order valence-corrected chi connectivity index (χ4v) is 4.20. The van der Waals surface area contributed by atoms with Crippen molar-refractivity contribution >= 4 is 39.8 Å². The van der Waals surface area contributed by atoms with Gasteiger partial charge in [-0.15, -0.1) is 11.3 Å². The summed E-state index contributed by atoms with van der Waals surface area (Å²) in [6, 6.07) is 17.3. The topological polar surface area (TPSA) is 68.3 Å². The predicted molar refractivity (Wildman–Crippen MR) is 120 cm³/mol. The second-order valence-electron chi connectivity index (χ2n) is 6.95.